The molecular weight excluding hydrogens is 214 g/mol. The molecule has 1 aromatic carbocycles. The van der Waals surface area contributed by atoms with Gasteiger partial charge in [0.25, 0.3) is 0 Å². The second kappa shape index (κ2) is 3.80. The van der Waals surface area contributed by atoms with Crippen LogP contribution in [0.2, 0.25) is 0 Å². The predicted molar refractivity (Wildman–Crippen MR) is 66.5 cm³/mol. The number of hydrogen-bond acceptors (Lipinski definition) is 3. The largest absolute Gasteiger partial charge is 0.495 e. The molecule has 88 valence electrons. The number of hydrogen-bond donors (Lipinski definition) is 1. The van der Waals surface area contributed by atoms with E-state index in [0.29, 0.717) is 17.4 Å². The molecule has 2 N–H and O–H groups in total. The number of ether oxygens (including phenoxy) is 1. The fourth-order valence-corrected chi connectivity index (χ4v) is 2.05. The Kier molecular flexibility index (Phi) is 2.28. The van der Waals surface area contributed by atoms with E-state index >= 15 is 0 Å². The van der Waals surface area contributed by atoms with Gasteiger partial charge in [0.2, 0.25) is 0 Å². The number of rotatable bonds is 3. The van der Waals surface area contributed by atoms with Crippen molar-refractivity contribution >= 4 is 5.69 Å². The summed E-state index contributed by atoms with van der Waals surface area (Å²) in [5.41, 5.74) is 8.80. The van der Waals surface area contributed by atoms with Crippen molar-refractivity contribution in [1.29, 1.82) is 0 Å². The third-order valence-corrected chi connectivity index (χ3v) is 3.16. The maximum atomic E-state index is 5.81. The Balaban J connectivity index is 2.05. The molecule has 2 aromatic rings. The van der Waals surface area contributed by atoms with Crippen LogP contribution in [0.3, 0.4) is 0 Å². The van der Waals surface area contributed by atoms with Crippen LogP contribution in [0.4, 0.5) is 5.69 Å². The summed E-state index contributed by atoms with van der Waals surface area (Å²) >= 11 is 0. The molecule has 0 aliphatic heterocycles. The quantitative estimate of drug-likeness (QED) is 0.822. The first-order valence-electron chi connectivity index (χ1n) is 5.75. The van der Waals surface area contributed by atoms with Gasteiger partial charge in [0.15, 0.2) is 0 Å². The van der Waals surface area contributed by atoms with Gasteiger partial charge in [0.05, 0.1) is 24.8 Å². The van der Waals surface area contributed by atoms with Crippen LogP contribution in [0, 0.1) is 0 Å². The summed E-state index contributed by atoms with van der Waals surface area (Å²) in [5, 5.41) is 0. The zero-order valence-electron chi connectivity index (χ0n) is 9.76. The van der Waals surface area contributed by atoms with Crippen molar-refractivity contribution < 1.29 is 4.74 Å². The highest BCUT2D eigenvalue weighted by molar-refractivity contribution is 5.57. The fourth-order valence-electron chi connectivity index (χ4n) is 2.05. The fraction of sp³-hybridized carbons (Fsp3) is 0.308. The number of aromatic nitrogens is 2. The Bertz CT molecular complexity index is 543. The number of imidazole rings is 1. The molecule has 4 heteroatoms. The van der Waals surface area contributed by atoms with E-state index < -0.39 is 0 Å². The molecule has 0 atom stereocenters. The van der Waals surface area contributed by atoms with Gasteiger partial charge in [0.1, 0.15) is 5.75 Å². The second-order valence-electron chi connectivity index (χ2n) is 4.39. The predicted octanol–water partition coefficient (Wildman–Crippen LogP) is 2.34. The zero-order valence-corrected chi connectivity index (χ0v) is 9.76. The summed E-state index contributed by atoms with van der Waals surface area (Å²) in [6.45, 7) is 0. The minimum atomic E-state index is 0.657. The van der Waals surface area contributed by atoms with Crippen molar-refractivity contribution in [3.8, 4) is 11.4 Å². The van der Waals surface area contributed by atoms with Crippen LogP contribution in [0.15, 0.2) is 30.7 Å². The topological polar surface area (TPSA) is 53.1 Å². The normalized spacial score (nSPS) is 14.9. The van der Waals surface area contributed by atoms with Crippen LogP contribution >= 0.6 is 0 Å². The molecule has 1 fully saturated rings. The standard InChI is InChI=1S/C13H15N3O/c1-17-13-6-10(4-5-11(13)14)16-8-15-7-12(16)9-2-3-9/h4-9H,2-3,14H2,1H3. The van der Waals surface area contributed by atoms with Crippen molar-refractivity contribution in [2.45, 2.75) is 18.8 Å². The summed E-state index contributed by atoms with van der Waals surface area (Å²) < 4.78 is 7.35. The van der Waals surface area contributed by atoms with Gasteiger partial charge in [-0.3, -0.25) is 0 Å². The van der Waals surface area contributed by atoms with Crippen molar-refractivity contribution in [2.75, 3.05) is 12.8 Å². The molecular formula is C13H15N3O. The maximum Gasteiger partial charge on any atom is 0.143 e. The Morgan fingerprint density at radius 3 is 2.94 bits per heavy atom. The third kappa shape index (κ3) is 1.75. The van der Waals surface area contributed by atoms with E-state index in [1.807, 2.05) is 30.7 Å². The number of nitrogens with zero attached hydrogens (tertiary/aromatic N) is 2. The zero-order chi connectivity index (χ0) is 11.8. The molecule has 4 nitrogen and oxygen atoms in total. The van der Waals surface area contributed by atoms with Crippen LogP contribution in [0.25, 0.3) is 5.69 Å². The van der Waals surface area contributed by atoms with Crippen molar-refractivity contribution in [2.24, 2.45) is 0 Å². The van der Waals surface area contributed by atoms with E-state index in [1.165, 1.54) is 18.5 Å². The minimum Gasteiger partial charge on any atom is -0.495 e. The summed E-state index contributed by atoms with van der Waals surface area (Å²) in [6, 6.07) is 5.80. The molecule has 0 amide bonds. The number of methoxy groups -OCH3 is 1. The molecule has 17 heavy (non-hydrogen) atoms. The van der Waals surface area contributed by atoms with Crippen LogP contribution in [0.1, 0.15) is 24.5 Å². The highest BCUT2D eigenvalue weighted by Crippen LogP contribution is 2.40. The maximum absolute atomic E-state index is 5.81. The SMILES string of the molecule is COc1cc(-n2cncc2C2CC2)ccc1N. The van der Waals surface area contributed by atoms with Gasteiger partial charge < -0.3 is 15.0 Å². The van der Waals surface area contributed by atoms with Crippen molar-refractivity contribution in [1.82, 2.24) is 9.55 Å². The Morgan fingerprint density at radius 2 is 2.24 bits per heavy atom. The molecule has 0 bridgehead atoms. The number of anilines is 1. The van der Waals surface area contributed by atoms with E-state index in [-0.39, 0.29) is 0 Å². The summed E-state index contributed by atoms with van der Waals surface area (Å²) in [6.07, 6.45) is 6.31. The molecule has 1 heterocycles. The average Bonchev–Trinajstić information content (AvgIpc) is 3.08. The summed E-state index contributed by atoms with van der Waals surface area (Å²) in [5.74, 6) is 1.37. The smallest absolute Gasteiger partial charge is 0.143 e. The van der Waals surface area contributed by atoms with Gasteiger partial charge >= 0.3 is 0 Å². The van der Waals surface area contributed by atoms with E-state index in [2.05, 4.69) is 9.55 Å². The van der Waals surface area contributed by atoms with Crippen LogP contribution in [0.5, 0.6) is 5.75 Å². The molecule has 1 aromatic heterocycles. The molecule has 1 aliphatic rings. The first kappa shape index (κ1) is 10.2. The van der Waals surface area contributed by atoms with Crippen LogP contribution in [-0.2, 0) is 0 Å². The first-order chi connectivity index (χ1) is 8.29. The van der Waals surface area contributed by atoms with Crippen molar-refractivity contribution in [3.05, 3.63) is 36.4 Å². The Morgan fingerprint density at radius 1 is 1.41 bits per heavy atom. The first-order valence-corrected chi connectivity index (χ1v) is 5.75. The Labute approximate surface area is 100 Å². The average molecular weight is 229 g/mol. The second-order valence-corrected chi connectivity index (χ2v) is 4.39. The summed E-state index contributed by atoms with van der Waals surface area (Å²) in [7, 11) is 1.63. The molecule has 0 radical (unpaired) electrons. The number of nitrogen functional groups attached to an aromatic ring is 1. The summed E-state index contributed by atoms with van der Waals surface area (Å²) in [4.78, 5) is 4.23. The van der Waals surface area contributed by atoms with E-state index in [4.69, 9.17) is 10.5 Å². The van der Waals surface area contributed by atoms with Gasteiger partial charge in [-0.05, 0) is 25.0 Å². The van der Waals surface area contributed by atoms with Gasteiger partial charge in [-0.25, -0.2) is 4.98 Å². The lowest BCUT2D eigenvalue weighted by Crippen LogP contribution is -1.99. The molecule has 0 unspecified atom stereocenters. The Hall–Kier alpha value is -1.97. The number of benzene rings is 1. The lowest BCUT2D eigenvalue weighted by atomic mass is 10.2. The highest BCUT2D eigenvalue weighted by atomic mass is 16.5. The van der Waals surface area contributed by atoms with Crippen LogP contribution in [-0.4, -0.2) is 16.7 Å². The molecule has 0 saturated heterocycles. The van der Waals surface area contributed by atoms with Gasteiger partial charge in [0, 0.05) is 23.9 Å². The molecule has 1 saturated carbocycles. The monoisotopic (exact) mass is 229 g/mol. The van der Waals surface area contributed by atoms with E-state index in [9.17, 15) is 0 Å². The van der Waals surface area contributed by atoms with E-state index in [1.54, 1.807) is 7.11 Å². The molecule has 0 spiro atoms. The van der Waals surface area contributed by atoms with Gasteiger partial charge in [-0.1, -0.05) is 0 Å². The third-order valence-electron chi connectivity index (χ3n) is 3.16. The number of nitrogens with two attached hydrogens (primary N) is 1. The minimum absolute atomic E-state index is 0.657. The lowest BCUT2D eigenvalue weighted by Gasteiger charge is -2.10. The van der Waals surface area contributed by atoms with Gasteiger partial charge in [-0.2, -0.15) is 0 Å². The van der Waals surface area contributed by atoms with E-state index in [0.717, 1.165) is 5.69 Å². The van der Waals surface area contributed by atoms with Crippen LogP contribution < -0.4 is 10.5 Å². The van der Waals surface area contributed by atoms with Gasteiger partial charge in [-0.15, -0.1) is 0 Å². The van der Waals surface area contributed by atoms with Crippen molar-refractivity contribution in [3.63, 3.8) is 0 Å². The lowest BCUT2D eigenvalue weighted by molar-refractivity contribution is 0.417. The molecule has 3 rings (SSSR count). The highest BCUT2D eigenvalue weighted by Gasteiger charge is 2.27. The molecule has 1 aliphatic carbocycles.